The van der Waals surface area contributed by atoms with Crippen molar-refractivity contribution in [3.8, 4) is 0 Å². The molecular formula is C14H28O. The van der Waals surface area contributed by atoms with Gasteiger partial charge in [-0.05, 0) is 26.2 Å². The SMILES string of the molecule is C=CCCC(C)OCCCCCCCC. The monoisotopic (exact) mass is 212 g/mol. The Labute approximate surface area is 95.9 Å². The normalized spacial score (nSPS) is 12.7. The highest BCUT2D eigenvalue weighted by molar-refractivity contribution is 4.67. The number of hydrogen-bond donors (Lipinski definition) is 0. The van der Waals surface area contributed by atoms with E-state index in [0.29, 0.717) is 6.10 Å². The molecule has 0 amide bonds. The largest absolute Gasteiger partial charge is 0.378 e. The Balaban J connectivity index is 3.05. The minimum atomic E-state index is 0.402. The van der Waals surface area contributed by atoms with E-state index in [4.69, 9.17) is 4.74 Å². The lowest BCUT2D eigenvalue weighted by Crippen LogP contribution is -2.08. The number of rotatable bonds is 11. The molecule has 0 aromatic carbocycles. The quantitative estimate of drug-likeness (QED) is 0.356. The lowest BCUT2D eigenvalue weighted by atomic mass is 10.1. The summed E-state index contributed by atoms with van der Waals surface area (Å²) in [6.45, 7) is 9.06. The lowest BCUT2D eigenvalue weighted by molar-refractivity contribution is 0.0582. The fraction of sp³-hybridized carbons (Fsp3) is 0.857. The summed E-state index contributed by atoms with van der Waals surface area (Å²) in [4.78, 5) is 0. The fourth-order valence-corrected chi connectivity index (χ4v) is 1.60. The van der Waals surface area contributed by atoms with Gasteiger partial charge in [0.1, 0.15) is 0 Å². The molecule has 15 heavy (non-hydrogen) atoms. The second-order valence-electron chi connectivity index (χ2n) is 4.32. The van der Waals surface area contributed by atoms with Crippen molar-refractivity contribution in [2.75, 3.05) is 6.61 Å². The Morgan fingerprint density at radius 1 is 1.13 bits per heavy atom. The number of allylic oxidation sites excluding steroid dienone is 1. The van der Waals surface area contributed by atoms with Crippen LogP contribution in [0.1, 0.15) is 65.2 Å². The molecule has 0 fully saturated rings. The second-order valence-corrected chi connectivity index (χ2v) is 4.32. The molecule has 0 heterocycles. The molecule has 90 valence electrons. The zero-order valence-electron chi connectivity index (χ0n) is 10.6. The van der Waals surface area contributed by atoms with Gasteiger partial charge in [0.2, 0.25) is 0 Å². The summed E-state index contributed by atoms with van der Waals surface area (Å²) in [7, 11) is 0. The highest BCUT2D eigenvalue weighted by Gasteiger charge is 1.99. The molecule has 1 atom stereocenters. The van der Waals surface area contributed by atoms with Gasteiger partial charge in [-0.15, -0.1) is 6.58 Å². The third-order valence-electron chi connectivity index (χ3n) is 2.68. The van der Waals surface area contributed by atoms with Crippen molar-refractivity contribution < 1.29 is 4.74 Å². The first kappa shape index (κ1) is 14.7. The van der Waals surface area contributed by atoms with Crippen LogP contribution >= 0.6 is 0 Å². The molecule has 1 unspecified atom stereocenters. The van der Waals surface area contributed by atoms with E-state index in [9.17, 15) is 0 Å². The van der Waals surface area contributed by atoms with Crippen LogP contribution in [0.5, 0.6) is 0 Å². The first-order valence-corrected chi connectivity index (χ1v) is 6.53. The van der Waals surface area contributed by atoms with Crippen molar-refractivity contribution in [2.45, 2.75) is 71.3 Å². The Bertz CT molecular complexity index is 131. The standard InChI is InChI=1S/C14H28O/c1-4-6-8-9-10-11-13-15-14(3)12-7-5-2/h5,14H,2,4,6-13H2,1,3H3. The minimum Gasteiger partial charge on any atom is -0.378 e. The van der Waals surface area contributed by atoms with Gasteiger partial charge in [0.05, 0.1) is 6.10 Å². The van der Waals surface area contributed by atoms with Crippen LogP contribution in [0, 0.1) is 0 Å². The van der Waals surface area contributed by atoms with E-state index in [0.717, 1.165) is 19.4 Å². The third kappa shape index (κ3) is 11.6. The van der Waals surface area contributed by atoms with Crippen LogP contribution in [0.25, 0.3) is 0 Å². The van der Waals surface area contributed by atoms with E-state index in [1.54, 1.807) is 0 Å². The van der Waals surface area contributed by atoms with Gasteiger partial charge >= 0.3 is 0 Å². The van der Waals surface area contributed by atoms with Crippen LogP contribution in [0.4, 0.5) is 0 Å². The molecule has 0 aromatic rings. The highest BCUT2D eigenvalue weighted by atomic mass is 16.5. The molecule has 0 rings (SSSR count). The molecule has 0 aromatic heterocycles. The van der Waals surface area contributed by atoms with Crippen molar-refractivity contribution >= 4 is 0 Å². The van der Waals surface area contributed by atoms with E-state index in [-0.39, 0.29) is 0 Å². The van der Waals surface area contributed by atoms with Crippen molar-refractivity contribution in [3.63, 3.8) is 0 Å². The molecule has 0 radical (unpaired) electrons. The summed E-state index contributed by atoms with van der Waals surface area (Å²) in [6, 6.07) is 0. The first-order chi connectivity index (χ1) is 7.31. The topological polar surface area (TPSA) is 9.23 Å². The van der Waals surface area contributed by atoms with E-state index in [1.165, 1.54) is 38.5 Å². The average molecular weight is 212 g/mol. The molecule has 0 bridgehead atoms. The van der Waals surface area contributed by atoms with Crippen molar-refractivity contribution in [3.05, 3.63) is 12.7 Å². The Morgan fingerprint density at radius 2 is 1.80 bits per heavy atom. The van der Waals surface area contributed by atoms with Gasteiger partial charge in [0.25, 0.3) is 0 Å². The van der Waals surface area contributed by atoms with E-state index >= 15 is 0 Å². The number of unbranched alkanes of at least 4 members (excludes halogenated alkanes) is 5. The maximum absolute atomic E-state index is 5.70. The van der Waals surface area contributed by atoms with Gasteiger partial charge in [-0.1, -0.05) is 45.1 Å². The molecule has 0 aliphatic carbocycles. The molecule has 0 saturated carbocycles. The molecule has 0 aliphatic heterocycles. The summed E-state index contributed by atoms with van der Waals surface area (Å²) in [5.41, 5.74) is 0. The van der Waals surface area contributed by atoms with E-state index < -0.39 is 0 Å². The molecule has 1 nitrogen and oxygen atoms in total. The Kier molecular flexibility index (Phi) is 11.5. The molecule has 0 saturated heterocycles. The number of ether oxygens (including phenoxy) is 1. The first-order valence-electron chi connectivity index (χ1n) is 6.53. The summed E-state index contributed by atoms with van der Waals surface area (Å²) in [5.74, 6) is 0. The average Bonchev–Trinajstić information content (AvgIpc) is 2.25. The summed E-state index contributed by atoms with van der Waals surface area (Å²) >= 11 is 0. The molecule has 1 heteroatoms. The second kappa shape index (κ2) is 11.8. The maximum Gasteiger partial charge on any atom is 0.0549 e. The van der Waals surface area contributed by atoms with E-state index in [1.807, 2.05) is 6.08 Å². The van der Waals surface area contributed by atoms with Crippen LogP contribution in [-0.2, 0) is 4.74 Å². The van der Waals surface area contributed by atoms with Gasteiger partial charge in [-0.3, -0.25) is 0 Å². The Morgan fingerprint density at radius 3 is 2.47 bits per heavy atom. The van der Waals surface area contributed by atoms with Gasteiger partial charge in [-0.2, -0.15) is 0 Å². The minimum absolute atomic E-state index is 0.402. The van der Waals surface area contributed by atoms with Gasteiger partial charge in [0, 0.05) is 6.61 Å². The predicted molar refractivity (Wildman–Crippen MR) is 68.2 cm³/mol. The highest BCUT2D eigenvalue weighted by Crippen LogP contribution is 2.07. The third-order valence-corrected chi connectivity index (χ3v) is 2.68. The summed E-state index contributed by atoms with van der Waals surface area (Å²) in [6.07, 6.45) is 12.6. The maximum atomic E-state index is 5.70. The van der Waals surface area contributed by atoms with Gasteiger partial charge in [0.15, 0.2) is 0 Å². The lowest BCUT2D eigenvalue weighted by Gasteiger charge is -2.11. The van der Waals surface area contributed by atoms with Crippen LogP contribution < -0.4 is 0 Å². The Hall–Kier alpha value is -0.300. The number of hydrogen-bond acceptors (Lipinski definition) is 1. The van der Waals surface area contributed by atoms with Crippen molar-refractivity contribution in [1.82, 2.24) is 0 Å². The molecule has 0 spiro atoms. The molecule has 0 aliphatic rings. The zero-order valence-corrected chi connectivity index (χ0v) is 10.6. The smallest absolute Gasteiger partial charge is 0.0549 e. The van der Waals surface area contributed by atoms with Crippen LogP contribution in [0.2, 0.25) is 0 Å². The molecule has 0 N–H and O–H groups in total. The van der Waals surface area contributed by atoms with Crippen molar-refractivity contribution in [2.24, 2.45) is 0 Å². The van der Waals surface area contributed by atoms with Crippen LogP contribution in [-0.4, -0.2) is 12.7 Å². The van der Waals surface area contributed by atoms with Crippen molar-refractivity contribution in [1.29, 1.82) is 0 Å². The fourth-order valence-electron chi connectivity index (χ4n) is 1.60. The van der Waals surface area contributed by atoms with E-state index in [2.05, 4.69) is 20.4 Å². The molecular weight excluding hydrogens is 184 g/mol. The summed E-state index contributed by atoms with van der Waals surface area (Å²) < 4.78 is 5.70. The van der Waals surface area contributed by atoms with Crippen LogP contribution in [0.3, 0.4) is 0 Å². The van der Waals surface area contributed by atoms with Gasteiger partial charge < -0.3 is 4.74 Å². The predicted octanol–water partition coefficient (Wildman–Crippen LogP) is 4.72. The zero-order chi connectivity index (χ0) is 11.4. The summed E-state index contributed by atoms with van der Waals surface area (Å²) in [5, 5.41) is 0. The van der Waals surface area contributed by atoms with Crippen LogP contribution in [0.15, 0.2) is 12.7 Å². The van der Waals surface area contributed by atoms with Gasteiger partial charge in [-0.25, -0.2) is 0 Å².